The molecule has 18 heavy (non-hydrogen) atoms. The molecule has 1 saturated carbocycles. The van der Waals surface area contributed by atoms with Crippen molar-refractivity contribution in [3.63, 3.8) is 0 Å². The number of carbonyl (C=O) groups excluding carboxylic acids is 1. The number of amides is 1. The highest BCUT2D eigenvalue weighted by Gasteiger charge is 2.24. The molecule has 104 valence electrons. The maximum absolute atomic E-state index is 11.8. The predicted molar refractivity (Wildman–Crippen MR) is 78.5 cm³/mol. The van der Waals surface area contributed by atoms with Crippen LogP contribution in [-0.2, 0) is 4.79 Å². The van der Waals surface area contributed by atoms with Crippen molar-refractivity contribution in [2.45, 2.75) is 51.5 Å². The van der Waals surface area contributed by atoms with E-state index in [1.807, 2.05) is 0 Å². The number of thiocarbonyl (C=S) groups is 1. The van der Waals surface area contributed by atoms with Crippen molar-refractivity contribution in [1.29, 1.82) is 0 Å². The summed E-state index contributed by atoms with van der Waals surface area (Å²) in [5.74, 6) is 0.0894. The highest BCUT2D eigenvalue weighted by molar-refractivity contribution is 7.80. The molecular formula is C13H25N3OS. The van der Waals surface area contributed by atoms with E-state index in [0.717, 1.165) is 32.2 Å². The second-order valence-corrected chi connectivity index (χ2v) is 5.54. The van der Waals surface area contributed by atoms with Crippen molar-refractivity contribution in [2.24, 2.45) is 5.73 Å². The van der Waals surface area contributed by atoms with Gasteiger partial charge in [0.05, 0.1) is 11.5 Å². The summed E-state index contributed by atoms with van der Waals surface area (Å²) in [4.78, 5) is 14.4. The Balaban J connectivity index is 2.39. The van der Waals surface area contributed by atoms with E-state index in [4.69, 9.17) is 18.0 Å². The first-order chi connectivity index (χ1) is 8.63. The van der Waals surface area contributed by atoms with E-state index >= 15 is 0 Å². The van der Waals surface area contributed by atoms with E-state index in [0.29, 0.717) is 24.1 Å². The van der Waals surface area contributed by atoms with Gasteiger partial charge >= 0.3 is 0 Å². The van der Waals surface area contributed by atoms with Gasteiger partial charge in [-0.15, -0.1) is 0 Å². The van der Waals surface area contributed by atoms with Crippen LogP contribution in [0.2, 0.25) is 0 Å². The van der Waals surface area contributed by atoms with E-state index < -0.39 is 0 Å². The lowest BCUT2D eigenvalue weighted by Gasteiger charge is -2.27. The first kappa shape index (κ1) is 15.4. The third-order valence-corrected chi connectivity index (χ3v) is 3.53. The van der Waals surface area contributed by atoms with E-state index in [1.54, 1.807) is 0 Å². The lowest BCUT2D eigenvalue weighted by atomic mass is 10.2. The molecule has 0 heterocycles. The van der Waals surface area contributed by atoms with Crippen LogP contribution >= 0.6 is 12.2 Å². The van der Waals surface area contributed by atoms with Crippen LogP contribution in [0.1, 0.15) is 45.4 Å². The second-order valence-electron chi connectivity index (χ2n) is 5.01. The van der Waals surface area contributed by atoms with Crippen molar-refractivity contribution in [1.82, 2.24) is 10.2 Å². The Morgan fingerprint density at radius 1 is 1.39 bits per heavy atom. The maximum atomic E-state index is 11.8. The number of nitrogens with one attached hydrogen (secondary N) is 1. The SMILES string of the molecule is CCCCNC(=O)CN(CC(N)=S)C1CCCC1. The summed E-state index contributed by atoms with van der Waals surface area (Å²) in [6, 6.07) is 0.475. The Hall–Kier alpha value is -0.680. The van der Waals surface area contributed by atoms with E-state index in [2.05, 4.69) is 17.1 Å². The first-order valence-electron chi connectivity index (χ1n) is 6.92. The number of carbonyl (C=O) groups is 1. The minimum absolute atomic E-state index is 0.0894. The van der Waals surface area contributed by atoms with Crippen molar-refractivity contribution >= 4 is 23.1 Å². The van der Waals surface area contributed by atoms with Gasteiger partial charge in [-0.25, -0.2) is 0 Å². The minimum atomic E-state index is 0.0894. The van der Waals surface area contributed by atoms with Gasteiger partial charge in [0.2, 0.25) is 5.91 Å². The number of nitrogens with zero attached hydrogens (tertiary/aromatic N) is 1. The van der Waals surface area contributed by atoms with Crippen molar-refractivity contribution < 1.29 is 4.79 Å². The van der Waals surface area contributed by atoms with Crippen molar-refractivity contribution in [2.75, 3.05) is 19.6 Å². The maximum Gasteiger partial charge on any atom is 0.234 e. The fourth-order valence-electron chi connectivity index (χ4n) is 2.43. The number of nitrogens with two attached hydrogens (primary N) is 1. The van der Waals surface area contributed by atoms with Gasteiger partial charge in [-0.05, 0) is 19.3 Å². The molecule has 0 aromatic carbocycles. The van der Waals surface area contributed by atoms with Crippen LogP contribution in [0.5, 0.6) is 0 Å². The zero-order valence-electron chi connectivity index (χ0n) is 11.3. The molecule has 0 atom stereocenters. The van der Waals surface area contributed by atoms with Crippen LogP contribution in [0, 0.1) is 0 Å². The quantitative estimate of drug-likeness (QED) is 0.518. The highest BCUT2D eigenvalue weighted by Crippen LogP contribution is 2.23. The van der Waals surface area contributed by atoms with Crippen LogP contribution < -0.4 is 11.1 Å². The largest absolute Gasteiger partial charge is 0.392 e. The molecule has 5 heteroatoms. The molecule has 0 aromatic heterocycles. The summed E-state index contributed by atoms with van der Waals surface area (Å²) >= 11 is 4.97. The fourth-order valence-corrected chi connectivity index (χ4v) is 2.59. The summed E-state index contributed by atoms with van der Waals surface area (Å²) in [5.41, 5.74) is 5.62. The average molecular weight is 271 g/mol. The smallest absolute Gasteiger partial charge is 0.234 e. The molecule has 1 rings (SSSR count). The van der Waals surface area contributed by atoms with Gasteiger partial charge in [0, 0.05) is 19.1 Å². The van der Waals surface area contributed by atoms with Crippen LogP contribution in [0.4, 0.5) is 0 Å². The van der Waals surface area contributed by atoms with Gasteiger partial charge in [0.25, 0.3) is 0 Å². The number of unbranched alkanes of at least 4 members (excludes halogenated alkanes) is 1. The third-order valence-electron chi connectivity index (χ3n) is 3.40. The molecule has 1 fully saturated rings. The second kappa shape index (κ2) is 8.43. The Labute approximate surface area is 115 Å². The molecule has 0 aromatic rings. The summed E-state index contributed by atoms with van der Waals surface area (Å²) in [5, 5.41) is 2.95. The molecule has 0 radical (unpaired) electrons. The average Bonchev–Trinajstić information content (AvgIpc) is 2.81. The summed E-state index contributed by atoms with van der Waals surface area (Å²) in [6.45, 7) is 3.86. The van der Waals surface area contributed by atoms with E-state index in [-0.39, 0.29) is 5.91 Å². The minimum Gasteiger partial charge on any atom is -0.392 e. The predicted octanol–water partition coefficient (Wildman–Crippen LogP) is 1.43. The molecule has 1 amide bonds. The summed E-state index contributed by atoms with van der Waals surface area (Å²) in [7, 11) is 0. The highest BCUT2D eigenvalue weighted by atomic mass is 32.1. The van der Waals surface area contributed by atoms with Crippen LogP contribution in [-0.4, -0.2) is 41.5 Å². The molecule has 0 saturated heterocycles. The first-order valence-corrected chi connectivity index (χ1v) is 7.33. The Kier molecular flexibility index (Phi) is 7.20. The van der Waals surface area contributed by atoms with Gasteiger partial charge in [-0.1, -0.05) is 38.4 Å². The molecule has 0 aliphatic heterocycles. The van der Waals surface area contributed by atoms with Crippen molar-refractivity contribution in [3.8, 4) is 0 Å². The lowest BCUT2D eigenvalue weighted by molar-refractivity contribution is -0.122. The number of rotatable bonds is 8. The van der Waals surface area contributed by atoms with Crippen LogP contribution in [0.3, 0.4) is 0 Å². The van der Waals surface area contributed by atoms with Gasteiger partial charge in [0.1, 0.15) is 0 Å². The van der Waals surface area contributed by atoms with Gasteiger partial charge < -0.3 is 11.1 Å². The van der Waals surface area contributed by atoms with E-state index in [1.165, 1.54) is 12.8 Å². The third kappa shape index (κ3) is 5.78. The number of hydrogen-bond donors (Lipinski definition) is 2. The molecule has 0 unspecified atom stereocenters. The zero-order valence-corrected chi connectivity index (χ0v) is 12.1. The monoisotopic (exact) mass is 271 g/mol. The number of hydrogen-bond acceptors (Lipinski definition) is 3. The molecular weight excluding hydrogens is 246 g/mol. The van der Waals surface area contributed by atoms with Crippen LogP contribution in [0.25, 0.3) is 0 Å². The molecule has 4 nitrogen and oxygen atoms in total. The molecule has 0 spiro atoms. The summed E-state index contributed by atoms with van der Waals surface area (Å²) in [6.07, 6.45) is 6.94. The standard InChI is InChI=1S/C13H25N3OS/c1-2-3-8-15-13(17)10-16(9-12(14)18)11-6-4-5-7-11/h11H,2-10H2,1H3,(H2,14,18)(H,15,17). The molecule has 3 N–H and O–H groups in total. The van der Waals surface area contributed by atoms with Gasteiger partial charge in [-0.3, -0.25) is 9.69 Å². The van der Waals surface area contributed by atoms with Crippen LogP contribution in [0.15, 0.2) is 0 Å². The molecule has 1 aliphatic rings. The fraction of sp³-hybridized carbons (Fsp3) is 0.846. The van der Waals surface area contributed by atoms with Crippen molar-refractivity contribution in [3.05, 3.63) is 0 Å². The Morgan fingerprint density at radius 3 is 2.61 bits per heavy atom. The van der Waals surface area contributed by atoms with Gasteiger partial charge in [-0.2, -0.15) is 0 Å². The summed E-state index contributed by atoms with van der Waals surface area (Å²) < 4.78 is 0. The van der Waals surface area contributed by atoms with E-state index in [9.17, 15) is 4.79 Å². The molecule has 0 bridgehead atoms. The van der Waals surface area contributed by atoms with Gasteiger partial charge in [0.15, 0.2) is 0 Å². The molecule has 1 aliphatic carbocycles. The topological polar surface area (TPSA) is 58.4 Å². The lowest BCUT2D eigenvalue weighted by Crippen LogP contribution is -2.45. The Bertz CT molecular complexity index is 277. The Morgan fingerprint density at radius 2 is 2.06 bits per heavy atom. The normalized spacial score (nSPS) is 16.1. The zero-order chi connectivity index (χ0) is 13.4.